The third-order valence-corrected chi connectivity index (χ3v) is 2.11. The lowest BCUT2D eigenvalue weighted by atomic mass is 10.4. The fraction of sp³-hybridized carbons (Fsp3) is 0.778. The minimum atomic E-state index is -0.385. The largest absolute Gasteiger partial charge is 0.475 e. The van der Waals surface area contributed by atoms with Crippen LogP contribution in [0.4, 0.5) is 4.79 Å². The van der Waals surface area contributed by atoms with Gasteiger partial charge in [-0.3, -0.25) is 0 Å². The first kappa shape index (κ1) is 13.7. The standard InChI is InChI=1S/C9H16O3S2/c1-4-5-6-11-8(10)14-9(13)12-7(2)3/h7H,4-6H2,1-3H3. The van der Waals surface area contributed by atoms with Gasteiger partial charge in [0.2, 0.25) is 4.38 Å². The number of carbonyl (C=O) groups is 1. The van der Waals surface area contributed by atoms with Gasteiger partial charge in [0.15, 0.2) is 0 Å². The van der Waals surface area contributed by atoms with Gasteiger partial charge in [-0.2, -0.15) is 0 Å². The van der Waals surface area contributed by atoms with Crippen LogP contribution in [-0.4, -0.2) is 22.4 Å². The van der Waals surface area contributed by atoms with E-state index in [9.17, 15) is 4.79 Å². The van der Waals surface area contributed by atoms with E-state index in [1.54, 1.807) is 0 Å². The van der Waals surface area contributed by atoms with Crippen LogP contribution in [0.1, 0.15) is 33.6 Å². The van der Waals surface area contributed by atoms with Gasteiger partial charge in [-0.15, -0.1) is 0 Å². The summed E-state index contributed by atoms with van der Waals surface area (Å²) in [4.78, 5) is 11.1. The molecule has 0 radical (unpaired) electrons. The van der Waals surface area contributed by atoms with Crippen molar-refractivity contribution in [1.29, 1.82) is 0 Å². The average Bonchev–Trinajstić information content (AvgIpc) is 2.02. The van der Waals surface area contributed by atoms with E-state index in [4.69, 9.17) is 21.7 Å². The number of unbranched alkanes of at least 4 members (excludes halogenated alkanes) is 1. The molecule has 0 aromatic heterocycles. The van der Waals surface area contributed by atoms with E-state index in [-0.39, 0.29) is 15.8 Å². The summed E-state index contributed by atoms with van der Waals surface area (Å²) in [7, 11) is 0. The maximum atomic E-state index is 11.1. The third kappa shape index (κ3) is 8.31. The summed E-state index contributed by atoms with van der Waals surface area (Å²) in [5, 5.41) is -0.385. The molecule has 0 aliphatic rings. The Bertz CT molecular complexity index is 192. The predicted octanol–water partition coefficient (Wildman–Crippen LogP) is 3.37. The lowest BCUT2D eigenvalue weighted by Crippen LogP contribution is -2.09. The Morgan fingerprint density at radius 1 is 1.50 bits per heavy atom. The molecular weight excluding hydrogens is 220 g/mol. The zero-order valence-corrected chi connectivity index (χ0v) is 10.4. The maximum absolute atomic E-state index is 11.1. The molecule has 14 heavy (non-hydrogen) atoms. The molecule has 0 aliphatic heterocycles. The van der Waals surface area contributed by atoms with Crippen molar-refractivity contribution in [2.75, 3.05) is 6.61 Å². The first-order valence-electron chi connectivity index (χ1n) is 4.61. The molecular formula is C9H16O3S2. The van der Waals surface area contributed by atoms with Crippen molar-refractivity contribution in [3.8, 4) is 0 Å². The Morgan fingerprint density at radius 3 is 2.64 bits per heavy atom. The molecule has 0 atom stereocenters. The summed E-state index contributed by atoms with van der Waals surface area (Å²) >= 11 is 5.65. The van der Waals surface area contributed by atoms with Gasteiger partial charge in [0.25, 0.3) is 0 Å². The molecule has 0 spiro atoms. The molecule has 3 nitrogen and oxygen atoms in total. The highest BCUT2D eigenvalue weighted by atomic mass is 32.2. The van der Waals surface area contributed by atoms with Crippen molar-refractivity contribution in [2.45, 2.75) is 39.7 Å². The van der Waals surface area contributed by atoms with Crippen molar-refractivity contribution in [2.24, 2.45) is 0 Å². The zero-order chi connectivity index (χ0) is 11.0. The van der Waals surface area contributed by atoms with Gasteiger partial charge < -0.3 is 9.47 Å². The van der Waals surface area contributed by atoms with Gasteiger partial charge >= 0.3 is 5.30 Å². The highest BCUT2D eigenvalue weighted by molar-refractivity contribution is 8.32. The van der Waals surface area contributed by atoms with Crippen molar-refractivity contribution in [3.05, 3.63) is 0 Å². The van der Waals surface area contributed by atoms with Gasteiger partial charge in [0, 0.05) is 11.8 Å². The smallest absolute Gasteiger partial charge is 0.375 e. The number of hydrogen-bond acceptors (Lipinski definition) is 5. The molecule has 0 aromatic carbocycles. The van der Waals surface area contributed by atoms with E-state index in [1.165, 1.54) is 0 Å². The second-order valence-corrected chi connectivity index (χ2v) is 4.51. The molecule has 82 valence electrons. The van der Waals surface area contributed by atoms with Crippen LogP contribution < -0.4 is 0 Å². The number of rotatable bonds is 4. The summed E-state index contributed by atoms with van der Waals surface area (Å²) < 4.78 is 10.2. The van der Waals surface area contributed by atoms with E-state index in [0.29, 0.717) is 6.61 Å². The maximum Gasteiger partial charge on any atom is 0.375 e. The SMILES string of the molecule is CCCCOC(=O)SC(=S)OC(C)C. The molecule has 0 amide bonds. The lowest BCUT2D eigenvalue weighted by molar-refractivity contribution is 0.173. The van der Waals surface area contributed by atoms with Gasteiger partial charge in [-0.05, 0) is 32.5 Å². The van der Waals surface area contributed by atoms with E-state index in [1.807, 2.05) is 20.8 Å². The third-order valence-electron chi connectivity index (χ3n) is 1.22. The zero-order valence-electron chi connectivity index (χ0n) is 8.74. The molecule has 0 N–H and O–H groups in total. The Morgan fingerprint density at radius 2 is 2.14 bits per heavy atom. The first-order chi connectivity index (χ1) is 6.56. The summed E-state index contributed by atoms with van der Waals surface area (Å²) in [6, 6.07) is 0. The quantitative estimate of drug-likeness (QED) is 0.425. The summed E-state index contributed by atoms with van der Waals surface area (Å²) in [5.74, 6) is 0. The molecule has 0 saturated carbocycles. The van der Waals surface area contributed by atoms with Crippen molar-refractivity contribution in [3.63, 3.8) is 0 Å². The Balaban J connectivity index is 3.56. The van der Waals surface area contributed by atoms with Crippen LogP contribution in [0.5, 0.6) is 0 Å². The van der Waals surface area contributed by atoms with Crippen LogP contribution in [0.3, 0.4) is 0 Å². The van der Waals surface area contributed by atoms with Crippen LogP contribution in [0.25, 0.3) is 0 Å². The number of thiocarbonyl (C=S) groups is 1. The van der Waals surface area contributed by atoms with Crippen LogP contribution in [-0.2, 0) is 9.47 Å². The topological polar surface area (TPSA) is 35.5 Å². The van der Waals surface area contributed by atoms with Gasteiger partial charge in [0.05, 0.1) is 12.7 Å². The molecule has 0 bridgehead atoms. The molecule has 0 unspecified atom stereocenters. The van der Waals surface area contributed by atoms with Crippen molar-refractivity contribution in [1.82, 2.24) is 0 Å². The minimum Gasteiger partial charge on any atom is -0.475 e. The van der Waals surface area contributed by atoms with E-state index >= 15 is 0 Å². The Labute approximate surface area is 94.5 Å². The van der Waals surface area contributed by atoms with E-state index < -0.39 is 0 Å². The van der Waals surface area contributed by atoms with Crippen LogP contribution in [0, 0.1) is 0 Å². The second kappa shape index (κ2) is 8.05. The van der Waals surface area contributed by atoms with Crippen molar-refractivity contribution >= 4 is 33.7 Å². The normalized spacial score (nSPS) is 10.0. The molecule has 0 heterocycles. The summed E-state index contributed by atoms with van der Waals surface area (Å²) in [5.41, 5.74) is 0. The summed E-state index contributed by atoms with van der Waals surface area (Å²) in [6.07, 6.45) is 1.88. The molecule has 0 aliphatic carbocycles. The molecule has 0 saturated heterocycles. The van der Waals surface area contributed by atoms with Gasteiger partial charge in [-0.1, -0.05) is 13.3 Å². The van der Waals surface area contributed by atoms with Crippen LogP contribution in [0.15, 0.2) is 0 Å². The minimum absolute atomic E-state index is 0.00144. The number of carbonyl (C=O) groups excluding carboxylic acids is 1. The second-order valence-electron chi connectivity index (χ2n) is 2.97. The number of hydrogen-bond donors (Lipinski definition) is 0. The average molecular weight is 236 g/mol. The molecule has 0 rings (SSSR count). The first-order valence-corrected chi connectivity index (χ1v) is 5.84. The van der Waals surface area contributed by atoms with E-state index in [2.05, 4.69) is 0 Å². The lowest BCUT2D eigenvalue weighted by Gasteiger charge is -2.09. The fourth-order valence-corrected chi connectivity index (χ4v) is 1.53. The Kier molecular flexibility index (Phi) is 7.89. The van der Waals surface area contributed by atoms with E-state index in [0.717, 1.165) is 24.6 Å². The number of thioether (sulfide) groups is 1. The van der Waals surface area contributed by atoms with Crippen LogP contribution in [0.2, 0.25) is 0 Å². The molecule has 5 heteroatoms. The van der Waals surface area contributed by atoms with Crippen molar-refractivity contribution < 1.29 is 14.3 Å². The molecule has 0 fully saturated rings. The van der Waals surface area contributed by atoms with Crippen LogP contribution >= 0.6 is 24.0 Å². The fourth-order valence-electron chi connectivity index (χ4n) is 0.614. The summed E-state index contributed by atoms with van der Waals surface area (Å²) in [6.45, 7) is 6.20. The molecule has 0 aromatic rings. The highest BCUT2D eigenvalue weighted by Crippen LogP contribution is 2.11. The van der Waals surface area contributed by atoms with Gasteiger partial charge in [0.1, 0.15) is 0 Å². The monoisotopic (exact) mass is 236 g/mol. The highest BCUT2D eigenvalue weighted by Gasteiger charge is 2.10. The van der Waals surface area contributed by atoms with Gasteiger partial charge in [-0.25, -0.2) is 4.79 Å². The number of ether oxygens (including phenoxy) is 2. The predicted molar refractivity (Wildman–Crippen MR) is 62.7 cm³/mol. The Hall–Kier alpha value is -0.290.